The molecular formula is C9H18ClNO2. The summed E-state index contributed by atoms with van der Waals surface area (Å²) in [4.78, 5) is 13.1. The molecule has 0 saturated heterocycles. The fourth-order valence-corrected chi connectivity index (χ4v) is 1.11. The number of nitrogens with zero attached hydrogens (tertiary/aromatic N) is 1. The van der Waals surface area contributed by atoms with Crippen LogP contribution in [0.3, 0.4) is 0 Å². The summed E-state index contributed by atoms with van der Waals surface area (Å²) in [5, 5.41) is 0. The lowest BCUT2D eigenvalue weighted by molar-refractivity contribution is -0.130. The van der Waals surface area contributed by atoms with Crippen molar-refractivity contribution in [1.29, 1.82) is 0 Å². The molecule has 0 aliphatic rings. The Hall–Kier alpha value is -0.280. The van der Waals surface area contributed by atoms with Crippen LogP contribution < -0.4 is 0 Å². The van der Waals surface area contributed by atoms with Gasteiger partial charge in [0.05, 0.1) is 0 Å². The van der Waals surface area contributed by atoms with Gasteiger partial charge in [-0.1, -0.05) is 0 Å². The number of carbonyl (C=O) groups is 1. The molecule has 0 unspecified atom stereocenters. The Kier molecular flexibility index (Phi) is 8.14. The van der Waals surface area contributed by atoms with Crippen LogP contribution in [-0.4, -0.2) is 44.0 Å². The predicted octanol–water partition coefficient (Wildman–Crippen LogP) is 1.50. The van der Waals surface area contributed by atoms with Crippen LogP contribution in [0, 0.1) is 0 Å². The van der Waals surface area contributed by atoms with Gasteiger partial charge in [0.1, 0.15) is 0 Å². The number of carbonyl (C=O) groups excluding carboxylic acids is 1. The second-order valence-electron chi connectivity index (χ2n) is 2.95. The zero-order valence-electron chi connectivity index (χ0n) is 8.38. The number of methoxy groups -OCH3 is 1. The minimum atomic E-state index is 0.164. The minimum absolute atomic E-state index is 0.164. The maximum atomic E-state index is 11.3. The molecule has 0 spiro atoms. The van der Waals surface area contributed by atoms with Crippen molar-refractivity contribution in [3.8, 4) is 0 Å². The summed E-state index contributed by atoms with van der Waals surface area (Å²) in [6.07, 6.45) is 2.20. The predicted molar refractivity (Wildman–Crippen MR) is 54.1 cm³/mol. The standard InChI is InChI=1S/C9H18ClNO2/c1-11(7-4-8-13-2)9(12)5-3-6-10/h3-8H2,1-2H3. The smallest absolute Gasteiger partial charge is 0.222 e. The minimum Gasteiger partial charge on any atom is -0.385 e. The highest BCUT2D eigenvalue weighted by Crippen LogP contribution is 1.98. The summed E-state index contributed by atoms with van der Waals surface area (Å²) in [5.41, 5.74) is 0. The van der Waals surface area contributed by atoms with Gasteiger partial charge in [-0.05, 0) is 12.8 Å². The average molecular weight is 208 g/mol. The SMILES string of the molecule is COCCCN(C)C(=O)CCCCl. The Morgan fingerprint density at radius 3 is 2.69 bits per heavy atom. The number of ether oxygens (including phenoxy) is 1. The molecule has 0 radical (unpaired) electrons. The van der Waals surface area contributed by atoms with Crippen LogP contribution in [-0.2, 0) is 9.53 Å². The Morgan fingerprint density at radius 2 is 2.15 bits per heavy atom. The lowest BCUT2D eigenvalue weighted by Gasteiger charge is -2.16. The van der Waals surface area contributed by atoms with E-state index >= 15 is 0 Å². The highest BCUT2D eigenvalue weighted by atomic mass is 35.5. The van der Waals surface area contributed by atoms with E-state index in [1.165, 1.54) is 0 Å². The third-order valence-electron chi connectivity index (χ3n) is 1.79. The van der Waals surface area contributed by atoms with E-state index in [-0.39, 0.29) is 5.91 Å². The Balaban J connectivity index is 3.45. The van der Waals surface area contributed by atoms with Crippen molar-refractivity contribution in [3.63, 3.8) is 0 Å². The third-order valence-corrected chi connectivity index (χ3v) is 2.06. The summed E-state index contributed by atoms with van der Waals surface area (Å²) in [6, 6.07) is 0. The summed E-state index contributed by atoms with van der Waals surface area (Å²) in [7, 11) is 3.47. The van der Waals surface area contributed by atoms with E-state index < -0.39 is 0 Å². The normalized spacial score (nSPS) is 10.1. The largest absolute Gasteiger partial charge is 0.385 e. The molecule has 0 aromatic carbocycles. The molecule has 0 saturated carbocycles. The number of halogens is 1. The molecule has 0 atom stereocenters. The summed E-state index contributed by atoms with van der Waals surface area (Å²) in [6.45, 7) is 1.46. The Labute approximate surface area is 85.0 Å². The maximum Gasteiger partial charge on any atom is 0.222 e. The van der Waals surface area contributed by atoms with Crippen LogP contribution >= 0.6 is 11.6 Å². The van der Waals surface area contributed by atoms with Crippen LogP contribution in [0.2, 0.25) is 0 Å². The van der Waals surface area contributed by atoms with E-state index in [1.54, 1.807) is 12.0 Å². The van der Waals surface area contributed by atoms with Crippen molar-refractivity contribution in [2.45, 2.75) is 19.3 Å². The van der Waals surface area contributed by atoms with Gasteiger partial charge >= 0.3 is 0 Å². The first-order chi connectivity index (χ1) is 6.22. The molecule has 0 heterocycles. The number of rotatable bonds is 7. The van der Waals surface area contributed by atoms with E-state index in [0.29, 0.717) is 18.9 Å². The molecular weight excluding hydrogens is 190 g/mol. The van der Waals surface area contributed by atoms with Crippen LogP contribution in [0.25, 0.3) is 0 Å². The van der Waals surface area contributed by atoms with Crippen LogP contribution in [0.15, 0.2) is 0 Å². The van der Waals surface area contributed by atoms with Gasteiger partial charge in [0.2, 0.25) is 5.91 Å². The average Bonchev–Trinajstić information content (AvgIpc) is 2.14. The van der Waals surface area contributed by atoms with E-state index in [4.69, 9.17) is 16.3 Å². The first-order valence-electron chi connectivity index (χ1n) is 4.51. The van der Waals surface area contributed by atoms with Crippen molar-refractivity contribution < 1.29 is 9.53 Å². The molecule has 0 aromatic rings. The summed E-state index contributed by atoms with van der Waals surface area (Å²) < 4.78 is 4.89. The Morgan fingerprint density at radius 1 is 1.46 bits per heavy atom. The van der Waals surface area contributed by atoms with Gasteiger partial charge in [-0.2, -0.15) is 0 Å². The van der Waals surface area contributed by atoms with Crippen molar-refractivity contribution >= 4 is 17.5 Å². The van der Waals surface area contributed by atoms with E-state index in [0.717, 1.165) is 19.4 Å². The van der Waals surface area contributed by atoms with Gasteiger partial charge in [-0.15, -0.1) is 11.6 Å². The molecule has 0 aromatic heterocycles. The monoisotopic (exact) mass is 207 g/mol. The molecule has 0 aliphatic carbocycles. The van der Waals surface area contributed by atoms with Crippen LogP contribution in [0.4, 0.5) is 0 Å². The van der Waals surface area contributed by atoms with Gasteiger partial charge in [-0.25, -0.2) is 0 Å². The summed E-state index contributed by atoms with van der Waals surface area (Å²) >= 11 is 5.49. The van der Waals surface area contributed by atoms with E-state index in [2.05, 4.69) is 0 Å². The highest BCUT2D eigenvalue weighted by Gasteiger charge is 2.06. The van der Waals surface area contributed by atoms with Gasteiger partial charge < -0.3 is 9.64 Å². The van der Waals surface area contributed by atoms with Crippen molar-refractivity contribution in [3.05, 3.63) is 0 Å². The van der Waals surface area contributed by atoms with Gasteiger partial charge in [0.25, 0.3) is 0 Å². The van der Waals surface area contributed by atoms with Crippen LogP contribution in [0.1, 0.15) is 19.3 Å². The molecule has 13 heavy (non-hydrogen) atoms. The molecule has 0 bridgehead atoms. The molecule has 3 nitrogen and oxygen atoms in total. The zero-order valence-corrected chi connectivity index (χ0v) is 9.14. The molecule has 0 N–H and O–H groups in total. The number of hydrogen-bond acceptors (Lipinski definition) is 2. The second kappa shape index (κ2) is 8.32. The van der Waals surface area contributed by atoms with Crippen LogP contribution in [0.5, 0.6) is 0 Å². The molecule has 0 aliphatic heterocycles. The topological polar surface area (TPSA) is 29.5 Å². The van der Waals surface area contributed by atoms with E-state index in [1.807, 2.05) is 7.05 Å². The lowest BCUT2D eigenvalue weighted by atomic mass is 10.3. The molecule has 78 valence electrons. The van der Waals surface area contributed by atoms with Gasteiger partial charge in [0.15, 0.2) is 0 Å². The Bertz CT molecular complexity index is 142. The maximum absolute atomic E-state index is 11.3. The number of alkyl halides is 1. The fraction of sp³-hybridized carbons (Fsp3) is 0.889. The molecule has 0 fully saturated rings. The van der Waals surface area contributed by atoms with Crippen molar-refractivity contribution in [2.75, 3.05) is 33.2 Å². The zero-order chi connectivity index (χ0) is 10.1. The molecule has 4 heteroatoms. The van der Waals surface area contributed by atoms with Gasteiger partial charge in [0, 0.05) is 39.6 Å². The molecule has 0 rings (SSSR count). The summed E-state index contributed by atoms with van der Waals surface area (Å²) in [5.74, 6) is 0.717. The highest BCUT2D eigenvalue weighted by molar-refractivity contribution is 6.17. The third kappa shape index (κ3) is 6.84. The van der Waals surface area contributed by atoms with Crippen molar-refractivity contribution in [2.24, 2.45) is 0 Å². The first kappa shape index (κ1) is 12.7. The van der Waals surface area contributed by atoms with Gasteiger partial charge in [-0.3, -0.25) is 4.79 Å². The number of amides is 1. The quantitative estimate of drug-likeness (QED) is 0.468. The lowest BCUT2D eigenvalue weighted by Crippen LogP contribution is -2.28. The first-order valence-corrected chi connectivity index (χ1v) is 5.04. The fourth-order valence-electron chi connectivity index (χ4n) is 0.980. The molecule has 1 amide bonds. The second-order valence-corrected chi connectivity index (χ2v) is 3.33. The number of hydrogen-bond donors (Lipinski definition) is 0. The van der Waals surface area contributed by atoms with E-state index in [9.17, 15) is 4.79 Å². The van der Waals surface area contributed by atoms with Crippen molar-refractivity contribution in [1.82, 2.24) is 4.90 Å².